The highest BCUT2D eigenvalue weighted by Crippen LogP contribution is 2.36. The summed E-state index contributed by atoms with van der Waals surface area (Å²) in [6, 6.07) is 18.8. The van der Waals surface area contributed by atoms with Crippen molar-refractivity contribution in [3.8, 4) is 11.1 Å². The van der Waals surface area contributed by atoms with Crippen molar-refractivity contribution in [3.63, 3.8) is 0 Å². The number of fused-ring (bicyclic) bond motifs is 2. The van der Waals surface area contributed by atoms with Gasteiger partial charge in [-0.05, 0) is 24.4 Å². The molecule has 0 aromatic heterocycles. The van der Waals surface area contributed by atoms with Crippen LogP contribution in [-0.2, 0) is 4.74 Å². The minimum atomic E-state index is -0.793. The van der Waals surface area contributed by atoms with Gasteiger partial charge in [-0.3, -0.25) is 9.59 Å². The zero-order chi connectivity index (χ0) is 22.4. The lowest BCUT2D eigenvalue weighted by atomic mass is 9.87. The summed E-state index contributed by atoms with van der Waals surface area (Å²) in [5, 5.41) is 12.4. The number of ether oxygens (including phenoxy) is 1. The molecule has 0 atom stereocenters. The summed E-state index contributed by atoms with van der Waals surface area (Å²) in [4.78, 5) is 43.2. The van der Waals surface area contributed by atoms with E-state index in [2.05, 4.69) is 4.98 Å². The topological polar surface area (TPSA) is 93.6 Å². The van der Waals surface area contributed by atoms with E-state index in [-0.39, 0.29) is 28.9 Å². The van der Waals surface area contributed by atoms with Gasteiger partial charge >= 0.3 is 5.97 Å². The Morgan fingerprint density at radius 3 is 2.28 bits per heavy atom. The summed E-state index contributed by atoms with van der Waals surface area (Å²) in [5.41, 5.74) is 0.156. The van der Waals surface area contributed by atoms with Gasteiger partial charge < -0.3 is 9.84 Å². The SMILES string of the molecule is CCOC(=O)c1c2c3ccccc3c(=O)c3cc/c(=C(/O)c4ccccc4)c(nc1=O)c3-2. The molecule has 2 aliphatic rings. The van der Waals surface area contributed by atoms with Gasteiger partial charge in [-0.15, -0.1) is 0 Å². The lowest BCUT2D eigenvalue weighted by Gasteiger charge is -2.17. The Balaban J connectivity index is 2.06. The highest BCUT2D eigenvalue weighted by Gasteiger charge is 2.28. The van der Waals surface area contributed by atoms with Crippen molar-refractivity contribution >= 4 is 33.4 Å². The zero-order valence-corrected chi connectivity index (χ0v) is 17.1. The van der Waals surface area contributed by atoms with E-state index in [1.165, 1.54) is 0 Å². The first-order chi connectivity index (χ1) is 15.5. The molecule has 3 aromatic carbocycles. The molecule has 6 heteroatoms. The molecule has 0 fully saturated rings. The molecule has 156 valence electrons. The van der Waals surface area contributed by atoms with Crippen molar-refractivity contribution in [1.29, 1.82) is 0 Å². The highest BCUT2D eigenvalue weighted by molar-refractivity contribution is 6.16. The Morgan fingerprint density at radius 2 is 1.56 bits per heavy atom. The first-order valence-corrected chi connectivity index (χ1v) is 10.1. The molecule has 3 aromatic rings. The molecule has 1 heterocycles. The Bertz CT molecular complexity index is 1640. The number of hydrogen-bond acceptors (Lipinski definition) is 6. The normalized spacial score (nSPS) is 12.4. The van der Waals surface area contributed by atoms with Crippen molar-refractivity contribution in [2.45, 2.75) is 6.92 Å². The molecule has 5 rings (SSSR count). The van der Waals surface area contributed by atoms with Gasteiger partial charge in [-0.2, -0.15) is 0 Å². The van der Waals surface area contributed by atoms with Crippen LogP contribution in [0.5, 0.6) is 0 Å². The van der Waals surface area contributed by atoms with E-state index in [0.29, 0.717) is 38.1 Å². The van der Waals surface area contributed by atoms with Gasteiger partial charge in [0, 0.05) is 32.7 Å². The molecule has 32 heavy (non-hydrogen) atoms. The monoisotopic (exact) mass is 423 g/mol. The second-order valence-corrected chi connectivity index (χ2v) is 7.36. The van der Waals surface area contributed by atoms with Gasteiger partial charge in [-0.1, -0.05) is 54.6 Å². The van der Waals surface area contributed by atoms with Gasteiger partial charge in [-0.25, -0.2) is 9.78 Å². The van der Waals surface area contributed by atoms with Crippen LogP contribution in [0.15, 0.2) is 76.3 Å². The van der Waals surface area contributed by atoms with Crippen LogP contribution in [-0.4, -0.2) is 22.7 Å². The van der Waals surface area contributed by atoms with Crippen LogP contribution in [0.4, 0.5) is 0 Å². The number of aliphatic hydroxyl groups is 1. The smallest absolute Gasteiger partial charge is 0.344 e. The molecule has 1 aliphatic carbocycles. The standard InChI is InChI=1S/C26H17NO5/c1-2-32-26(31)21-19-15-10-6-7-11-16(15)24(29)17-12-13-18(22(20(17)19)27-25(21)30)23(28)14-8-4-3-5-9-14/h3-13,28H,2H2,1H3/b23-18-. The lowest BCUT2D eigenvalue weighted by molar-refractivity contribution is 0.0525. The van der Waals surface area contributed by atoms with Gasteiger partial charge in [0.15, 0.2) is 5.43 Å². The number of carbonyl (C=O) groups excluding carboxylic acids is 1. The quantitative estimate of drug-likeness (QED) is 0.272. The van der Waals surface area contributed by atoms with Gasteiger partial charge in [0.25, 0.3) is 5.56 Å². The number of aromatic nitrogens is 1. The number of esters is 1. The number of rotatable bonds is 3. The summed E-state index contributed by atoms with van der Waals surface area (Å²) >= 11 is 0. The number of aliphatic hydroxyl groups excluding tert-OH is 1. The van der Waals surface area contributed by atoms with E-state index < -0.39 is 11.5 Å². The average molecular weight is 423 g/mol. The van der Waals surface area contributed by atoms with Crippen molar-refractivity contribution in [1.82, 2.24) is 4.98 Å². The maximum atomic E-state index is 13.2. The summed E-state index contributed by atoms with van der Waals surface area (Å²) < 4.78 is 5.13. The van der Waals surface area contributed by atoms with Crippen molar-refractivity contribution in [2.75, 3.05) is 6.61 Å². The molecule has 0 saturated carbocycles. The number of pyridine rings is 1. The van der Waals surface area contributed by atoms with Gasteiger partial charge in [0.05, 0.1) is 12.1 Å². The van der Waals surface area contributed by atoms with Gasteiger partial charge in [0.2, 0.25) is 0 Å². The van der Waals surface area contributed by atoms with Crippen molar-refractivity contribution < 1.29 is 14.6 Å². The molecule has 0 saturated heterocycles. The van der Waals surface area contributed by atoms with Crippen LogP contribution in [0.25, 0.3) is 38.6 Å². The number of carbonyl (C=O) groups is 1. The fourth-order valence-electron chi connectivity index (χ4n) is 4.19. The second kappa shape index (κ2) is 7.42. The van der Waals surface area contributed by atoms with Gasteiger partial charge in [0.1, 0.15) is 11.3 Å². The predicted molar refractivity (Wildman–Crippen MR) is 122 cm³/mol. The minimum absolute atomic E-state index is 0.0785. The third kappa shape index (κ3) is 2.80. The summed E-state index contributed by atoms with van der Waals surface area (Å²) in [5.74, 6) is -0.871. The molecular weight excluding hydrogens is 406 g/mol. The van der Waals surface area contributed by atoms with Crippen LogP contribution < -0.4 is 16.2 Å². The Hall–Kier alpha value is -4.32. The largest absolute Gasteiger partial charge is 0.507 e. The summed E-state index contributed by atoms with van der Waals surface area (Å²) in [6.07, 6.45) is 0. The molecule has 1 N–H and O–H groups in total. The minimum Gasteiger partial charge on any atom is -0.507 e. The van der Waals surface area contributed by atoms with E-state index in [9.17, 15) is 19.5 Å². The molecule has 0 radical (unpaired) electrons. The number of benzene rings is 4. The Kier molecular flexibility index (Phi) is 4.56. The second-order valence-electron chi connectivity index (χ2n) is 7.36. The van der Waals surface area contributed by atoms with E-state index in [1.807, 2.05) is 6.07 Å². The van der Waals surface area contributed by atoms with E-state index in [0.717, 1.165) is 0 Å². The van der Waals surface area contributed by atoms with Crippen molar-refractivity contribution in [3.05, 3.63) is 104 Å². The summed E-state index contributed by atoms with van der Waals surface area (Å²) in [7, 11) is 0. The van der Waals surface area contributed by atoms with E-state index >= 15 is 0 Å². The highest BCUT2D eigenvalue weighted by atomic mass is 16.5. The van der Waals surface area contributed by atoms with Crippen LogP contribution >= 0.6 is 0 Å². The molecular formula is C26H17NO5. The maximum Gasteiger partial charge on any atom is 0.344 e. The first kappa shape index (κ1) is 19.6. The molecule has 0 bridgehead atoms. The lowest BCUT2D eigenvalue weighted by Crippen LogP contribution is -2.27. The molecule has 0 amide bonds. The maximum absolute atomic E-state index is 13.2. The Morgan fingerprint density at radius 1 is 0.875 bits per heavy atom. The van der Waals surface area contributed by atoms with Crippen LogP contribution in [0.1, 0.15) is 22.8 Å². The van der Waals surface area contributed by atoms with Crippen LogP contribution in [0, 0.1) is 0 Å². The fraction of sp³-hybridized carbons (Fsp3) is 0.0769. The van der Waals surface area contributed by atoms with E-state index in [4.69, 9.17) is 4.74 Å². The fourth-order valence-corrected chi connectivity index (χ4v) is 4.19. The molecule has 6 nitrogen and oxygen atoms in total. The molecule has 1 aliphatic heterocycles. The first-order valence-electron chi connectivity index (χ1n) is 10.1. The zero-order valence-electron chi connectivity index (χ0n) is 17.1. The Labute approximate surface area is 181 Å². The van der Waals surface area contributed by atoms with E-state index in [1.54, 1.807) is 67.6 Å². The summed E-state index contributed by atoms with van der Waals surface area (Å²) in [6.45, 7) is 1.74. The van der Waals surface area contributed by atoms with Crippen LogP contribution in [0.3, 0.4) is 0 Å². The number of hydrogen-bond donors (Lipinski definition) is 1. The van der Waals surface area contributed by atoms with Crippen molar-refractivity contribution in [2.24, 2.45) is 0 Å². The molecule has 0 unspecified atom stereocenters. The van der Waals surface area contributed by atoms with Crippen LogP contribution in [0.2, 0.25) is 0 Å². The third-order valence-corrected chi connectivity index (χ3v) is 5.57. The number of nitrogens with zero attached hydrogens (tertiary/aromatic N) is 1. The molecule has 0 spiro atoms. The third-order valence-electron chi connectivity index (χ3n) is 5.57. The predicted octanol–water partition coefficient (Wildman–Crippen LogP) is 3.26. The average Bonchev–Trinajstić information content (AvgIpc) is 2.82.